The zero-order valence-electron chi connectivity index (χ0n) is 15.7. The highest BCUT2D eigenvalue weighted by atomic mass is 19.1. The Kier molecular flexibility index (Phi) is 6.88. The highest BCUT2D eigenvalue weighted by Gasteiger charge is 2.12. The van der Waals surface area contributed by atoms with E-state index < -0.39 is 17.7 Å². The van der Waals surface area contributed by atoms with Crippen LogP contribution in [0.4, 0.5) is 10.1 Å². The summed E-state index contributed by atoms with van der Waals surface area (Å²) >= 11 is 0. The number of rotatable bonds is 6. The minimum absolute atomic E-state index is 0.105. The van der Waals surface area contributed by atoms with Gasteiger partial charge in [-0.15, -0.1) is 0 Å². The molecule has 0 aromatic heterocycles. The molecule has 0 heterocycles. The lowest BCUT2D eigenvalue weighted by Crippen LogP contribution is -2.14. The Morgan fingerprint density at radius 1 is 1.18 bits per heavy atom. The number of esters is 1. The van der Waals surface area contributed by atoms with Gasteiger partial charge in [0.15, 0.2) is 6.61 Å². The van der Waals surface area contributed by atoms with Crippen LogP contribution in [0.2, 0.25) is 0 Å². The van der Waals surface area contributed by atoms with E-state index in [4.69, 9.17) is 4.74 Å². The molecule has 0 fully saturated rings. The third kappa shape index (κ3) is 5.42. The normalized spacial score (nSPS) is 10.8. The van der Waals surface area contributed by atoms with E-state index in [9.17, 15) is 19.2 Å². The van der Waals surface area contributed by atoms with Crippen LogP contribution in [0.5, 0.6) is 5.75 Å². The van der Waals surface area contributed by atoms with Gasteiger partial charge in [-0.3, -0.25) is 4.79 Å². The number of methoxy groups -OCH3 is 1. The summed E-state index contributed by atoms with van der Waals surface area (Å²) in [4.78, 5) is 23.6. The van der Waals surface area contributed by atoms with Gasteiger partial charge in [-0.1, -0.05) is 0 Å². The van der Waals surface area contributed by atoms with Crippen LogP contribution >= 0.6 is 0 Å². The number of amides is 1. The molecule has 0 spiro atoms. The molecular weight excluding hydrogens is 363 g/mol. The largest absolute Gasteiger partial charge is 0.481 e. The number of carbonyl (C=O) groups is 2. The van der Waals surface area contributed by atoms with Gasteiger partial charge in [0.05, 0.1) is 7.11 Å². The molecule has 6 nitrogen and oxygen atoms in total. The van der Waals surface area contributed by atoms with Gasteiger partial charge >= 0.3 is 5.97 Å². The van der Waals surface area contributed by atoms with Gasteiger partial charge in [0.1, 0.15) is 23.2 Å². The van der Waals surface area contributed by atoms with Gasteiger partial charge < -0.3 is 14.8 Å². The molecule has 1 N–H and O–H groups in total. The van der Waals surface area contributed by atoms with Crippen molar-refractivity contribution in [3.63, 3.8) is 0 Å². The molecule has 0 aliphatic rings. The molecular formula is C21H19FN2O4. The van der Waals surface area contributed by atoms with Crippen LogP contribution in [0.3, 0.4) is 0 Å². The summed E-state index contributed by atoms with van der Waals surface area (Å²) in [6, 6.07) is 10.6. The number of nitrogens with one attached hydrogen (secondary N) is 1. The zero-order chi connectivity index (χ0) is 20.7. The van der Waals surface area contributed by atoms with Crippen molar-refractivity contribution in [1.29, 1.82) is 5.26 Å². The van der Waals surface area contributed by atoms with Crippen molar-refractivity contribution in [2.24, 2.45) is 0 Å². The first kappa shape index (κ1) is 20.6. The second-order valence-electron chi connectivity index (χ2n) is 5.98. The molecule has 144 valence electrons. The summed E-state index contributed by atoms with van der Waals surface area (Å²) in [5, 5.41) is 11.9. The molecule has 0 aliphatic carbocycles. The van der Waals surface area contributed by atoms with Crippen LogP contribution in [0, 0.1) is 31.0 Å². The van der Waals surface area contributed by atoms with E-state index in [0.29, 0.717) is 17.0 Å². The van der Waals surface area contributed by atoms with Crippen molar-refractivity contribution < 1.29 is 23.5 Å². The van der Waals surface area contributed by atoms with Gasteiger partial charge in [-0.05, 0) is 73.0 Å². The third-order valence-corrected chi connectivity index (χ3v) is 3.82. The zero-order valence-corrected chi connectivity index (χ0v) is 15.7. The lowest BCUT2D eigenvalue weighted by molar-refractivity contribution is -0.142. The summed E-state index contributed by atoms with van der Waals surface area (Å²) < 4.78 is 23.0. The van der Waals surface area contributed by atoms with E-state index in [1.165, 1.54) is 37.5 Å². The fraction of sp³-hybridized carbons (Fsp3) is 0.190. The number of nitrogens with zero attached hydrogens (tertiary/aromatic N) is 1. The lowest BCUT2D eigenvalue weighted by Gasteiger charge is -2.12. The summed E-state index contributed by atoms with van der Waals surface area (Å²) in [7, 11) is 1.28. The molecule has 0 radical (unpaired) electrons. The molecule has 0 saturated heterocycles. The van der Waals surface area contributed by atoms with Gasteiger partial charge in [-0.25, -0.2) is 9.18 Å². The summed E-state index contributed by atoms with van der Waals surface area (Å²) in [5.41, 5.74) is 2.39. The molecule has 2 aromatic rings. The van der Waals surface area contributed by atoms with E-state index >= 15 is 0 Å². The Morgan fingerprint density at radius 3 is 2.32 bits per heavy atom. The van der Waals surface area contributed by atoms with Crippen molar-refractivity contribution >= 4 is 23.6 Å². The quantitative estimate of drug-likeness (QED) is 0.469. The SMILES string of the molecule is COC(=O)COc1c(C)cc(/C=C(/C#N)C(=O)Nc2ccc(F)cc2)cc1C. The molecule has 0 saturated carbocycles. The van der Waals surface area contributed by atoms with Gasteiger partial charge in [0.25, 0.3) is 5.91 Å². The lowest BCUT2D eigenvalue weighted by atomic mass is 10.0. The fourth-order valence-electron chi connectivity index (χ4n) is 2.53. The Bertz CT molecular complexity index is 936. The highest BCUT2D eigenvalue weighted by Crippen LogP contribution is 2.26. The maximum Gasteiger partial charge on any atom is 0.343 e. The van der Waals surface area contributed by atoms with E-state index in [0.717, 1.165) is 11.1 Å². The number of hydrogen-bond donors (Lipinski definition) is 1. The number of benzene rings is 2. The van der Waals surface area contributed by atoms with Crippen molar-refractivity contribution in [1.82, 2.24) is 0 Å². The topological polar surface area (TPSA) is 88.4 Å². The maximum atomic E-state index is 13.0. The molecule has 28 heavy (non-hydrogen) atoms. The number of nitriles is 1. The second-order valence-corrected chi connectivity index (χ2v) is 5.98. The van der Waals surface area contributed by atoms with E-state index in [1.807, 2.05) is 6.07 Å². The van der Waals surface area contributed by atoms with Gasteiger partial charge in [0, 0.05) is 5.69 Å². The minimum Gasteiger partial charge on any atom is -0.481 e. The average Bonchev–Trinajstić information content (AvgIpc) is 2.66. The van der Waals surface area contributed by atoms with Crippen LogP contribution in [0.15, 0.2) is 42.0 Å². The average molecular weight is 382 g/mol. The highest BCUT2D eigenvalue weighted by molar-refractivity contribution is 6.09. The first-order valence-corrected chi connectivity index (χ1v) is 8.33. The third-order valence-electron chi connectivity index (χ3n) is 3.82. The smallest absolute Gasteiger partial charge is 0.343 e. The van der Waals surface area contributed by atoms with Crippen LogP contribution in [0.25, 0.3) is 6.08 Å². The van der Waals surface area contributed by atoms with Gasteiger partial charge in [-0.2, -0.15) is 5.26 Å². The number of halogens is 1. The van der Waals surface area contributed by atoms with E-state index in [2.05, 4.69) is 10.1 Å². The van der Waals surface area contributed by atoms with Crippen LogP contribution in [-0.2, 0) is 14.3 Å². The van der Waals surface area contributed by atoms with E-state index in [1.54, 1.807) is 26.0 Å². The minimum atomic E-state index is -0.601. The fourth-order valence-corrected chi connectivity index (χ4v) is 2.53. The monoisotopic (exact) mass is 382 g/mol. The first-order chi connectivity index (χ1) is 13.3. The summed E-state index contributed by atoms with van der Waals surface area (Å²) in [6.07, 6.45) is 1.45. The molecule has 2 aromatic carbocycles. The molecule has 2 rings (SSSR count). The Labute approximate surface area is 162 Å². The van der Waals surface area contributed by atoms with Crippen molar-refractivity contribution in [2.45, 2.75) is 13.8 Å². The van der Waals surface area contributed by atoms with Crippen LogP contribution in [-0.4, -0.2) is 25.6 Å². The standard InChI is InChI=1S/C21H19FN2O4/c1-13-8-15(9-14(2)20(13)28-12-19(25)27-3)10-16(11-23)21(26)24-18-6-4-17(22)5-7-18/h4-10H,12H2,1-3H3,(H,24,26)/b16-10-. The summed E-state index contributed by atoms with van der Waals surface area (Å²) in [5.74, 6) is -0.978. The molecule has 0 aliphatic heterocycles. The Hall–Kier alpha value is -3.66. The van der Waals surface area contributed by atoms with Crippen LogP contribution in [0.1, 0.15) is 16.7 Å². The molecule has 7 heteroatoms. The van der Waals surface area contributed by atoms with Gasteiger partial charge in [0.2, 0.25) is 0 Å². The van der Waals surface area contributed by atoms with Crippen LogP contribution < -0.4 is 10.1 Å². The predicted molar refractivity (Wildman–Crippen MR) is 102 cm³/mol. The Morgan fingerprint density at radius 2 is 1.79 bits per heavy atom. The van der Waals surface area contributed by atoms with E-state index in [-0.39, 0.29) is 12.2 Å². The number of hydrogen-bond acceptors (Lipinski definition) is 5. The number of anilines is 1. The number of ether oxygens (including phenoxy) is 2. The van der Waals surface area contributed by atoms with Crippen molar-refractivity contribution in [3.8, 4) is 11.8 Å². The molecule has 0 atom stereocenters. The Balaban J connectivity index is 2.21. The maximum absolute atomic E-state index is 13.0. The molecule has 0 bridgehead atoms. The van der Waals surface area contributed by atoms with Crippen molar-refractivity contribution in [3.05, 3.63) is 64.5 Å². The summed E-state index contributed by atoms with van der Waals surface area (Å²) in [6.45, 7) is 3.38. The predicted octanol–water partition coefficient (Wildman–Crippen LogP) is 3.54. The second kappa shape index (κ2) is 9.33. The molecule has 1 amide bonds. The first-order valence-electron chi connectivity index (χ1n) is 8.33. The number of aryl methyl sites for hydroxylation is 2. The molecule has 0 unspecified atom stereocenters. The number of carbonyl (C=O) groups excluding carboxylic acids is 2. The van der Waals surface area contributed by atoms with Crippen molar-refractivity contribution in [2.75, 3.05) is 19.0 Å².